The topological polar surface area (TPSA) is 43.6 Å². The summed E-state index contributed by atoms with van der Waals surface area (Å²) < 4.78 is 2.46. The minimum atomic E-state index is -0.153. The van der Waals surface area contributed by atoms with Crippen LogP contribution in [0.2, 0.25) is 0 Å². The fourth-order valence-corrected chi connectivity index (χ4v) is 8.90. The van der Waals surface area contributed by atoms with E-state index in [2.05, 4.69) is 176 Å². The number of fused-ring (bicyclic) bond motifs is 6. The summed E-state index contributed by atoms with van der Waals surface area (Å²) in [5.74, 6) is 1.94. The first-order valence-electron chi connectivity index (χ1n) is 19.9. The first kappa shape index (κ1) is 35.9. The Bertz CT molecular complexity index is 3050. The second kappa shape index (κ2) is 14.2. The van der Waals surface area contributed by atoms with Crippen LogP contribution in [0.3, 0.4) is 0 Å². The highest BCUT2D eigenvalue weighted by Gasteiger charge is 2.36. The molecule has 1 aliphatic carbocycles. The van der Waals surface area contributed by atoms with Gasteiger partial charge < -0.3 is 4.57 Å². The molecule has 0 saturated heterocycles. The van der Waals surface area contributed by atoms with Gasteiger partial charge in [0.05, 0.1) is 11.0 Å². The number of rotatable bonds is 6. The maximum atomic E-state index is 5.12. The van der Waals surface area contributed by atoms with Crippen LogP contribution >= 0.6 is 0 Å². The molecule has 4 nitrogen and oxygen atoms in total. The second-order valence-corrected chi connectivity index (χ2v) is 15.7. The number of nitrogens with zero attached hydrogens (tertiary/aromatic N) is 4. The molecule has 2 aromatic heterocycles. The first-order valence-corrected chi connectivity index (χ1v) is 19.9. The van der Waals surface area contributed by atoms with E-state index in [1.54, 1.807) is 0 Å². The van der Waals surface area contributed by atoms with E-state index in [-0.39, 0.29) is 12.8 Å². The van der Waals surface area contributed by atoms with Gasteiger partial charge >= 0.3 is 0 Å². The van der Waals surface area contributed by atoms with E-state index in [1.807, 2.05) is 36.4 Å². The van der Waals surface area contributed by atoms with Gasteiger partial charge in [0.25, 0.3) is 0 Å². The molecule has 0 atom stereocenters. The molecule has 11 rings (SSSR count). The van der Waals surface area contributed by atoms with Gasteiger partial charge in [-0.05, 0) is 93.0 Å². The van der Waals surface area contributed by atoms with Gasteiger partial charge in [0, 0.05) is 38.6 Å². The zero-order valence-electron chi connectivity index (χ0n) is 32.3. The van der Waals surface area contributed by atoms with Crippen LogP contribution < -0.4 is 0 Å². The van der Waals surface area contributed by atoms with Crippen LogP contribution in [-0.4, -0.2) is 19.5 Å². The molecule has 0 N–H and O–H groups in total. The van der Waals surface area contributed by atoms with Gasteiger partial charge in [-0.15, -0.1) is 0 Å². The predicted octanol–water partition coefficient (Wildman–Crippen LogP) is 14.2. The van der Waals surface area contributed by atoms with Gasteiger partial charge in [0.1, 0.15) is 0 Å². The minimum Gasteiger partial charge on any atom is -0.309 e. The molecule has 1 aliphatic rings. The van der Waals surface area contributed by atoms with Crippen molar-refractivity contribution in [3.05, 3.63) is 205 Å². The summed E-state index contributed by atoms with van der Waals surface area (Å²) in [4.78, 5) is 15.2. The maximum Gasteiger partial charge on any atom is 0.164 e. The summed E-state index contributed by atoms with van der Waals surface area (Å²) in [5.41, 5.74) is 16.1. The Labute approximate surface area is 345 Å². The fraction of sp³-hybridized carbons (Fsp3) is 0.0727. The predicted molar refractivity (Wildman–Crippen MR) is 246 cm³/mol. The average Bonchev–Trinajstić information content (AvgIpc) is 3.73. The van der Waals surface area contributed by atoms with E-state index in [0.717, 1.165) is 33.3 Å². The smallest absolute Gasteiger partial charge is 0.164 e. The molecule has 59 heavy (non-hydrogen) atoms. The van der Waals surface area contributed by atoms with Gasteiger partial charge in [0.15, 0.2) is 17.5 Å². The van der Waals surface area contributed by atoms with E-state index in [4.69, 9.17) is 15.0 Å². The third-order valence-electron chi connectivity index (χ3n) is 11.8. The average molecular weight is 759 g/mol. The summed E-state index contributed by atoms with van der Waals surface area (Å²) >= 11 is 0. The SMILES string of the molecule is C.CC1(C)c2ccccc2-c2cc3c4cc(-c5nc(-c6ccccc6)nc(-c6ccccc6)n5)ccc4n(-c4cc(-c5ccccc5)cc(-c5ccccc5)c4)c3cc21. The van der Waals surface area contributed by atoms with Crippen molar-refractivity contribution < 1.29 is 0 Å². The van der Waals surface area contributed by atoms with E-state index in [1.165, 1.54) is 55.4 Å². The summed E-state index contributed by atoms with van der Waals surface area (Å²) in [6.07, 6.45) is 0. The Morgan fingerprint density at radius 3 is 1.39 bits per heavy atom. The van der Waals surface area contributed by atoms with Crippen LogP contribution in [0.5, 0.6) is 0 Å². The summed E-state index contributed by atoms with van der Waals surface area (Å²) in [6, 6.07) is 69.2. The number of hydrogen-bond donors (Lipinski definition) is 0. The minimum absolute atomic E-state index is 0. The van der Waals surface area contributed by atoms with Crippen LogP contribution in [0.1, 0.15) is 32.4 Å². The molecule has 8 aromatic carbocycles. The van der Waals surface area contributed by atoms with E-state index in [9.17, 15) is 0 Å². The number of hydrogen-bond acceptors (Lipinski definition) is 3. The van der Waals surface area contributed by atoms with Crippen molar-refractivity contribution in [1.82, 2.24) is 19.5 Å². The highest BCUT2D eigenvalue weighted by Crippen LogP contribution is 2.51. The van der Waals surface area contributed by atoms with Crippen molar-refractivity contribution in [1.29, 1.82) is 0 Å². The van der Waals surface area contributed by atoms with Crippen molar-refractivity contribution in [3.8, 4) is 73.2 Å². The molecule has 0 spiro atoms. The summed E-state index contributed by atoms with van der Waals surface area (Å²) in [7, 11) is 0. The molecule has 0 amide bonds. The lowest BCUT2D eigenvalue weighted by Gasteiger charge is -2.22. The van der Waals surface area contributed by atoms with Gasteiger partial charge in [-0.3, -0.25) is 0 Å². The van der Waals surface area contributed by atoms with Gasteiger partial charge in [-0.25, -0.2) is 15.0 Å². The fourth-order valence-electron chi connectivity index (χ4n) is 8.90. The monoisotopic (exact) mass is 758 g/mol. The summed E-state index contributed by atoms with van der Waals surface area (Å²) in [5, 5.41) is 2.34. The third-order valence-corrected chi connectivity index (χ3v) is 11.8. The van der Waals surface area contributed by atoms with E-state index >= 15 is 0 Å². The van der Waals surface area contributed by atoms with E-state index in [0.29, 0.717) is 17.5 Å². The maximum absolute atomic E-state index is 5.12. The zero-order chi connectivity index (χ0) is 38.8. The Balaban J connectivity index is 0.00000420. The lowest BCUT2D eigenvalue weighted by molar-refractivity contribution is 0.661. The van der Waals surface area contributed by atoms with Crippen molar-refractivity contribution >= 4 is 21.8 Å². The molecule has 2 heterocycles. The van der Waals surface area contributed by atoms with Crippen molar-refractivity contribution in [2.45, 2.75) is 26.7 Å². The van der Waals surface area contributed by atoms with Crippen LogP contribution in [0.15, 0.2) is 194 Å². The molecule has 4 heteroatoms. The lowest BCUT2D eigenvalue weighted by Crippen LogP contribution is -2.14. The molecule has 0 unspecified atom stereocenters. The third kappa shape index (κ3) is 6.04. The molecule has 282 valence electrons. The zero-order valence-corrected chi connectivity index (χ0v) is 32.3. The van der Waals surface area contributed by atoms with Crippen LogP contribution in [0.4, 0.5) is 0 Å². The number of aromatic nitrogens is 4. The molecule has 0 radical (unpaired) electrons. The van der Waals surface area contributed by atoms with Crippen molar-refractivity contribution in [2.75, 3.05) is 0 Å². The van der Waals surface area contributed by atoms with Crippen LogP contribution in [-0.2, 0) is 5.41 Å². The Kier molecular flexibility index (Phi) is 8.65. The first-order chi connectivity index (χ1) is 28.5. The van der Waals surface area contributed by atoms with E-state index < -0.39 is 0 Å². The molecule has 10 aromatic rings. The second-order valence-electron chi connectivity index (χ2n) is 15.7. The molecule has 0 aliphatic heterocycles. The van der Waals surface area contributed by atoms with Crippen LogP contribution in [0, 0.1) is 0 Å². The highest BCUT2D eigenvalue weighted by molar-refractivity contribution is 6.12. The van der Waals surface area contributed by atoms with Crippen molar-refractivity contribution in [2.24, 2.45) is 0 Å². The molecule has 0 saturated carbocycles. The molecular formula is C55H42N4. The van der Waals surface area contributed by atoms with Gasteiger partial charge in [-0.2, -0.15) is 0 Å². The number of benzene rings is 8. The van der Waals surface area contributed by atoms with Crippen LogP contribution in [0.25, 0.3) is 95.0 Å². The Morgan fingerprint density at radius 1 is 0.356 bits per heavy atom. The van der Waals surface area contributed by atoms with Gasteiger partial charge in [0.2, 0.25) is 0 Å². The molecular weight excluding hydrogens is 717 g/mol. The molecule has 0 fully saturated rings. The standard InChI is InChI=1S/C54H38N4.CH4/c1-54(2)47-26-16-15-25-43(47)44-33-46-45-32-39(53-56-51(37-21-11-5-12-22-37)55-52(57-53)38-23-13-6-14-24-38)27-28-49(45)58(50(46)34-48(44)54)42-30-40(35-17-7-3-8-18-35)29-41(31-42)36-19-9-4-10-20-36;/h3-34H,1-2H3;1H4. The highest BCUT2D eigenvalue weighted by atomic mass is 15.0. The quantitative estimate of drug-likeness (QED) is 0.170. The largest absolute Gasteiger partial charge is 0.309 e. The lowest BCUT2D eigenvalue weighted by atomic mass is 9.82. The Morgan fingerprint density at radius 2 is 0.831 bits per heavy atom. The van der Waals surface area contributed by atoms with Crippen molar-refractivity contribution in [3.63, 3.8) is 0 Å². The molecule has 0 bridgehead atoms. The normalized spacial score (nSPS) is 12.6. The van der Waals surface area contributed by atoms with Gasteiger partial charge in [-0.1, -0.05) is 167 Å². The summed E-state index contributed by atoms with van der Waals surface area (Å²) in [6.45, 7) is 4.71. The Hall–Kier alpha value is -7.43.